The van der Waals surface area contributed by atoms with Crippen molar-refractivity contribution in [3.05, 3.63) is 35.5 Å². The predicted octanol–water partition coefficient (Wildman–Crippen LogP) is 3.44. The fraction of sp³-hybridized carbons (Fsp3) is 0.500. The molecule has 0 saturated heterocycles. The van der Waals surface area contributed by atoms with E-state index in [1.54, 1.807) is 0 Å². The summed E-state index contributed by atoms with van der Waals surface area (Å²) in [5, 5.41) is 3.03. The number of hydrogen-bond donors (Lipinski definition) is 0. The highest BCUT2D eigenvalue weighted by Gasteiger charge is 2.21. The smallest absolute Gasteiger partial charge is 0.126 e. The largest absolute Gasteiger partial charge is 0.162 e. The van der Waals surface area contributed by atoms with E-state index in [4.69, 9.17) is 0 Å². The Kier molecular flexibility index (Phi) is 6.29. The highest BCUT2D eigenvalue weighted by Crippen LogP contribution is 2.22. The van der Waals surface area contributed by atoms with Gasteiger partial charge < -0.3 is 0 Å². The molecular weight excluding hydrogens is 296 g/mol. The van der Waals surface area contributed by atoms with Gasteiger partial charge in [-0.1, -0.05) is 73.1 Å². The molecule has 0 atom stereocenters. The molecule has 0 bridgehead atoms. The van der Waals surface area contributed by atoms with E-state index in [0.29, 0.717) is 5.92 Å². The Bertz CT molecular complexity index is 560. The Morgan fingerprint density at radius 1 is 1.09 bits per heavy atom. The van der Waals surface area contributed by atoms with Crippen LogP contribution in [-0.4, -0.2) is 17.6 Å². The van der Waals surface area contributed by atoms with Gasteiger partial charge in [-0.2, -0.15) is 0 Å². The normalized spacial score (nSPS) is 16.4. The lowest BCUT2D eigenvalue weighted by molar-refractivity contribution is 0.430. The molecule has 0 spiro atoms. The lowest BCUT2D eigenvalue weighted by Crippen LogP contribution is -2.41. The SMILES string of the molecule is CC(C)=C[SiH2]c1ccc([Si](C)(C)C#CC2CCCCC2)cc1. The topological polar surface area (TPSA) is 0 Å². The van der Waals surface area contributed by atoms with Crippen LogP contribution in [0.25, 0.3) is 0 Å². The van der Waals surface area contributed by atoms with Gasteiger partial charge in [0.2, 0.25) is 0 Å². The summed E-state index contributed by atoms with van der Waals surface area (Å²) in [6, 6.07) is 9.39. The molecule has 0 heterocycles. The summed E-state index contributed by atoms with van der Waals surface area (Å²) in [6.07, 6.45) is 6.82. The van der Waals surface area contributed by atoms with E-state index >= 15 is 0 Å². The van der Waals surface area contributed by atoms with Crippen LogP contribution in [-0.2, 0) is 0 Å². The van der Waals surface area contributed by atoms with Gasteiger partial charge in [0.25, 0.3) is 0 Å². The summed E-state index contributed by atoms with van der Waals surface area (Å²) < 4.78 is 0. The van der Waals surface area contributed by atoms with Gasteiger partial charge in [0.1, 0.15) is 0 Å². The summed E-state index contributed by atoms with van der Waals surface area (Å²) >= 11 is 0. The second-order valence-electron chi connectivity index (χ2n) is 7.41. The van der Waals surface area contributed by atoms with Crippen molar-refractivity contribution in [2.45, 2.75) is 59.0 Å². The van der Waals surface area contributed by atoms with Gasteiger partial charge in [0, 0.05) is 5.92 Å². The molecule has 1 saturated carbocycles. The van der Waals surface area contributed by atoms with E-state index in [0.717, 1.165) is 0 Å². The average molecular weight is 327 g/mol. The maximum atomic E-state index is 3.70. The monoisotopic (exact) mass is 326 g/mol. The Morgan fingerprint density at radius 3 is 2.32 bits per heavy atom. The predicted molar refractivity (Wildman–Crippen MR) is 106 cm³/mol. The number of allylic oxidation sites excluding steroid dienone is 1. The summed E-state index contributed by atoms with van der Waals surface area (Å²) in [5.74, 6) is 4.30. The molecule has 0 N–H and O–H groups in total. The van der Waals surface area contributed by atoms with Gasteiger partial charge in [0.15, 0.2) is 8.07 Å². The van der Waals surface area contributed by atoms with Crippen LogP contribution in [0, 0.1) is 17.4 Å². The number of hydrogen-bond acceptors (Lipinski definition) is 0. The molecule has 1 aliphatic carbocycles. The minimum absolute atomic E-state index is 0.229. The molecule has 1 aromatic rings. The summed E-state index contributed by atoms with van der Waals surface area (Å²) in [6.45, 7) is 9.17. The quantitative estimate of drug-likeness (QED) is 0.589. The third-order valence-electron chi connectivity index (χ3n) is 4.62. The van der Waals surface area contributed by atoms with Gasteiger partial charge in [-0.3, -0.25) is 0 Å². The van der Waals surface area contributed by atoms with Crippen LogP contribution < -0.4 is 10.4 Å². The molecule has 0 radical (unpaired) electrons. The minimum Gasteiger partial charge on any atom is -0.126 e. The van der Waals surface area contributed by atoms with E-state index in [1.165, 1.54) is 48.1 Å². The van der Waals surface area contributed by atoms with Crippen molar-refractivity contribution in [1.82, 2.24) is 0 Å². The van der Waals surface area contributed by atoms with E-state index < -0.39 is 8.07 Å². The van der Waals surface area contributed by atoms with Gasteiger partial charge in [-0.15, -0.1) is 11.5 Å². The molecule has 0 aromatic heterocycles. The van der Waals surface area contributed by atoms with E-state index in [-0.39, 0.29) is 9.52 Å². The maximum absolute atomic E-state index is 3.70. The second-order valence-corrected chi connectivity index (χ2v) is 13.1. The molecule has 0 unspecified atom stereocenters. The van der Waals surface area contributed by atoms with Crippen molar-refractivity contribution in [2.75, 3.05) is 0 Å². The van der Waals surface area contributed by atoms with Crippen LogP contribution in [0.3, 0.4) is 0 Å². The summed E-state index contributed by atoms with van der Waals surface area (Å²) in [5.41, 5.74) is 7.58. The van der Waals surface area contributed by atoms with Crippen LogP contribution in [0.5, 0.6) is 0 Å². The Morgan fingerprint density at radius 2 is 1.73 bits per heavy atom. The first-order valence-corrected chi connectivity index (χ1v) is 13.3. The van der Waals surface area contributed by atoms with Crippen LogP contribution in [0.1, 0.15) is 46.0 Å². The van der Waals surface area contributed by atoms with Crippen molar-refractivity contribution < 1.29 is 0 Å². The van der Waals surface area contributed by atoms with Crippen molar-refractivity contribution in [3.63, 3.8) is 0 Å². The molecule has 1 aromatic carbocycles. The van der Waals surface area contributed by atoms with Gasteiger partial charge >= 0.3 is 0 Å². The molecule has 0 aliphatic heterocycles. The van der Waals surface area contributed by atoms with Crippen molar-refractivity contribution in [3.8, 4) is 11.5 Å². The lowest BCUT2D eigenvalue weighted by Gasteiger charge is -2.19. The van der Waals surface area contributed by atoms with Crippen LogP contribution in [0.4, 0.5) is 0 Å². The number of rotatable bonds is 3. The van der Waals surface area contributed by atoms with Crippen LogP contribution in [0.2, 0.25) is 13.1 Å². The minimum atomic E-state index is -1.59. The third kappa shape index (κ3) is 5.30. The fourth-order valence-corrected chi connectivity index (χ4v) is 5.84. The molecular formula is C20H30Si2. The van der Waals surface area contributed by atoms with E-state index in [9.17, 15) is 0 Å². The fourth-order valence-electron chi connectivity index (χ4n) is 2.98. The second kappa shape index (κ2) is 7.99. The Labute approximate surface area is 140 Å². The standard InChI is InChI=1S/C20H30Si2/c1-17(2)16-21-19-10-12-20(13-11-19)22(3,4)15-14-18-8-6-5-7-9-18/h10-13,16,18H,5-9,21H2,1-4H3. The third-order valence-corrected chi connectivity index (χ3v) is 9.13. The Hall–Kier alpha value is -1.05. The van der Waals surface area contributed by atoms with Gasteiger partial charge in [-0.25, -0.2) is 0 Å². The van der Waals surface area contributed by atoms with E-state index in [1.807, 2.05) is 0 Å². The summed E-state index contributed by atoms with van der Waals surface area (Å²) in [4.78, 5) is 0. The van der Waals surface area contributed by atoms with Crippen molar-refractivity contribution >= 4 is 28.0 Å². The van der Waals surface area contributed by atoms with Crippen LogP contribution in [0.15, 0.2) is 35.5 Å². The zero-order valence-electron chi connectivity index (χ0n) is 14.7. The molecule has 0 amide bonds. The van der Waals surface area contributed by atoms with Gasteiger partial charge in [0.05, 0.1) is 9.52 Å². The van der Waals surface area contributed by atoms with Gasteiger partial charge in [-0.05, 0) is 31.9 Å². The summed E-state index contributed by atoms with van der Waals surface area (Å²) in [7, 11) is -1.82. The molecule has 0 nitrogen and oxygen atoms in total. The van der Waals surface area contributed by atoms with Crippen LogP contribution >= 0.6 is 0 Å². The van der Waals surface area contributed by atoms with E-state index in [2.05, 4.69) is 68.4 Å². The van der Waals surface area contributed by atoms with Crippen molar-refractivity contribution in [1.29, 1.82) is 0 Å². The molecule has 1 fully saturated rings. The zero-order chi connectivity index (χ0) is 16.0. The molecule has 22 heavy (non-hydrogen) atoms. The average Bonchev–Trinajstić information content (AvgIpc) is 2.52. The first-order chi connectivity index (χ1) is 10.5. The first kappa shape index (κ1) is 17.3. The molecule has 2 heteroatoms. The molecule has 118 valence electrons. The highest BCUT2D eigenvalue weighted by molar-refractivity contribution is 6.96. The first-order valence-electron chi connectivity index (χ1n) is 8.73. The van der Waals surface area contributed by atoms with Crippen molar-refractivity contribution in [2.24, 2.45) is 5.92 Å². The molecule has 1 aliphatic rings. The number of benzene rings is 1. The Balaban J connectivity index is 2.05. The lowest BCUT2D eigenvalue weighted by atomic mass is 9.90. The molecule has 2 rings (SSSR count). The zero-order valence-corrected chi connectivity index (χ0v) is 17.1. The highest BCUT2D eigenvalue weighted by atomic mass is 28.3. The maximum Gasteiger partial charge on any atom is 0.162 e.